The molecule has 0 spiro atoms. The van der Waals surface area contributed by atoms with Crippen molar-refractivity contribution in [3.05, 3.63) is 89.7 Å². The topological polar surface area (TPSA) is 57.5 Å². The average Bonchev–Trinajstić information content (AvgIpc) is 3.18. The largest absolute Gasteiger partial charge is 0.465 e. The highest BCUT2D eigenvalue weighted by atomic mass is 16.5. The third-order valence-corrected chi connectivity index (χ3v) is 4.18. The van der Waals surface area contributed by atoms with Gasteiger partial charge in [0.25, 0.3) is 0 Å². The zero-order valence-electron chi connectivity index (χ0n) is 14.6. The molecule has 1 atom stereocenters. The maximum Gasteiger partial charge on any atom is 0.360 e. The molecule has 1 unspecified atom stereocenters. The van der Waals surface area contributed by atoms with Gasteiger partial charge in [0, 0.05) is 6.20 Å². The summed E-state index contributed by atoms with van der Waals surface area (Å²) in [5.41, 5.74) is 1.69. The summed E-state index contributed by atoms with van der Waals surface area (Å²) in [5.74, 6) is -0.917. The van der Waals surface area contributed by atoms with Crippen molar-refractivity contribution in [3.63, 3.8) is 0 Å². The average molecular weight is 349 g/mol. The molecule has 0 aliphatic heterocycles. The standard InChI is InChI=1S/C21H19NO4/c1-15(16-9-4-3-5-10-16)22-14-8-12-18(22)21(24)26-19-13-7-6-11-17(19)20(23)25-2/h3-15H,1-2H3. The summed E-state index contributed by atoms with van der Waals surface area (Å²) < 4.78 is 12.1. The van der Waals surface area contributed by atoms with Crippen LogP contribution in [0, 0.1) is 0 Å². The molecule has 0 saturated carbocycles. The number of nitrogens with zero attached hydrogens (tertiary/aromatic N) is 1. The quantitative estimate of drug-likeness (QED) is 0.514. The van der Waals surface area contributed by atoms with Crippen molar-refractivity contribution in [1.82, 2.24) is 4.57 Å². The second-order valence-corrected chi connectivity index (χ2v) is 5.76. The van der Waals surface area contributed by atoms with Crippen molar-refractivity contribution in [2.24, 2.45) is 0 Å². The number of rotatable bonds is 5. The summed E-state index contributed by atoms with van der Waals surface area (Å²) in [6.07, 6.45) is 1.83. The molecule has 1 aromatic heterocycles. The third kappa shape index (κ3) is 3.52. The van der Waals surface area contributed by atoms with Crippen molar-refractivity contribution >= 4 is 11.9 Å². The van der Waals surface area contributed by atoms with Crippen LogP contribution in [0.3, 0.4) is 0 Å². The van der Waals surface area contributed by atoms with Gasteiger partial charge in [-0.05, 0) is 36.8 Å². The number of carbonyl (C=O) groups excluding carboxylic acids is 2. The van der Waals surface area contributed by atoms with E-state index in [1.54, 1.807) is 36.4 Å². The highest BCUT2D eigenvalue weighted by molar-refractivity contribution is 5.95. The predicted octanol–water partition coefficient (Wildman–Crippen LogP) is 4.10. The number of ether oxygens (including phenoxy) is 2. The van der Waals surface area contributed by atoms with Crippen molar-refractivity contribution < 1.29 is 19.1 Å². The van der Waals surface area contributed by atoms with Gasteiger partial charge >= 0.3 is 11.9 Å². The van der Waals surface area contributed by atoms with Gasteiger partial charge in [-0.15, -0.1) is 0 Å². The Bertz CT molecular complexity index is 915. The third-order valence-electron chi connectivity index (χ3n) is 4.18. The highest BCUT2D eigenvalue weighted by Crippen LogP contribution is 2.23. The Balaban J connectivity index is 1.87. The molecule has 0 saturated heterocycles. The van der Waals surface area contributed by atoms with Gasteiger partial charge in [-0.1, -0.05) is 42.5 Å². The Labute approximate surface area is 151 Å². The lowest BCUT2D eigenvalue weighted by Crippen LogP contribution is -2.18. The molecule has 0 fully saturated rings. The first-order chi connectivity index (χ1) is 12.6. The normalized spacial score (nSPS) is 11.6. The molecule has 132 valence electrons. The van der Waals surface area contributed by atoms with Gasteiger partial charge in [0.15, 0.2) is 0 Å². The number of benzene rings is 2. The SMILES string of the molecule is COC(=O)c1ccccc1OC(=O)c1cccn1C(C)c1ccccc1. The van der Waals surface area contributed by atoms with Crippen molar-refractivity contribution in [1.29, 1.82) is 0 Å². The van der Waals surface area contributed by atoms with Gasteiger partial charge in [0.2, 0.25) is 0 Å². The van der Waals surface area contributed by atoms with Crippen LogP contribution >= 0.6 is 0 Å². The number of hydrogen-bond acceptors (Lipinski definition) is 4. The monoisotopic (exact) mass is 349 g/mol. The zero-order valence-corrected chi connectivity index (χ0v) is 14.6. The summed E-state index contributed by atoms with van der Waals surface area (Å²) in [4.78, 5) is 24.5. The Hall–Kier alpha value is -3.34. The molecule has 5 heteroatoms. The van der Waals surface area contributed by atoms with Crippen molar-refractivity contribution in [3.8, 4) is 5.75 Å². The highest BCUT2D eigenvalue weighted by Gasteiger charge is 2.20. The molecule has 3 aromatic rings. The van der Waals surface area contributed by atoms with E-state index in [0.717, 1.165) is 5.56 Å². The van der Waals surface area contributed by atoms with Gasteiger partial charge in [0.05, 0.1) is 13.2 Å². The van der Waals surface area contributed by atoms with E-state index >= 15 is 0 Å². The van der Waals surface area contributed by atoms with Crippen LogP contribution in [0.2, 0.25) is 0 Å². The molecule has 0 N–H and O–H groups in total. The molecule has 0 aliphatic carbocycles. The van der Waals surface area contributed by atoms with Crippen LogP contribution in [-0.2, 0) is 4.74 Å². The minimum absolute atomic E-state index is 0.0374. The van der Waals surface area contributed by atoms with Crippen LogP contribution in [0.15, 0.2) is 72.9 Å². The van der Waals surface area contributed by atoms with E-state index in [2.05, 4.69) is 0 Å². The summed E-state index contributed by atoms with van der Waals surface area (Å²) in [5, 5.41) is 0. The summed E-state index contributed by atoms with van der Waals surface area (Å²) >= 11 is 0. The number of aromatic nitrogens is 1. The first-order valence-corrected chi connectivity index (χ1v) is 8.23. The minimum atomic E-state index is -0.554. The fourth-order valence-electron chi connectivity index (χ4n) is 2.78. The Morgan fingerprint density at radius 3 is 2.31 bits per heavy atom. The molecule has 26 heavy (non-hydrogen) atoms. The van der Waals surface area contributed by atoms with E-state index in [9.17, 15) is 9.59 Å². The maximum absolute atomic E-state index is 12.7. The van der Waals surface area contributed by atoms with Gasteiger partial charge in [-0.3, -0.25) is 0 Å². The van der Waals surface area contributed by atoms with Crippen LogP contribution in [0.4, 0.5) is 0 Å². The number of para-hydroxylation sites is 1. The molecule has 0 aliphatic rings. The molecular formula is C21H19NO4. The van der Waals surface area contributed by atoms with E-state index in [-0.39, 0.29) is 17.4 Å². The second kappa shape index (κ2) is 7.70. The summed E-state index contributed by atoms with van der Waals surface area (Å²) in [7, 11) is 1.29. The number of methoxy groups -OCH3 is 1. The molecule has 0 radical (unpaired) electrons. The van der Waals surface area contributed by atoms with E-state index in [1.807, 2.05) is 48.0 Å². The smallest absolute Gasteiger partial charge is 0.360 e. The minimum Gasteiger partial charge on any atom is -0.465 e. The van der Waals surface area contributed by atoms with Crippen LogP contribution in [0.25, 0.3) is 0 Å². The fraction of sp³-hybridized carbons (Fsp3) is 0.143. The first-order valence-electron chi connectivity index (χ1n) is 8.23. The molecular weight excluding hydrogens is 330 g/mol. The first kappa shape index (κ1) is 17.5. The number of hydrogen-bond donors (Lipinski definition) is 0. The lowest BCUT2D eigenvalue weighted by molar-refractivity contribution is 0.0592. The van der Waals surface area contributed by atoms with Gasteiger partial charge < -0.3 is 14.0 Å². The second-order valence-electron chi connectivity index (χ2n) is 5.76. The van der Waals surface area contributed by atoms with E-state index in [4.69, 9.17) is 9.47 Å². The fourth-order valence-corrected chi connectivity index (χ4v) is 2.78. The maximum atomic E-state index is 12.7. The Kier molecular flexibility index (Phi) is 5.17. The molecule has 0 bridgehead atoms. The molecule has 0 amide bonds. The number of esters is 2. The van der Waals surface area contributed by atoms with Crippen molar-refractivity contribution in [2.75, 3.05) is 7.11 Å². The Morgan fingerprint density at radius 2 is 1.58 bits per heavy atom. The van der Waals surface area contributed by atoms with Crippen molar-refractivity contribution in [2.45, 2.75) is 13.0 Å². The predicted molar refractivity (Wildman–Crippen MR) is 97.4 cm³/mol. The molecule has 1 heterocycles. The van der Waals surface area contributed by atoms with Crippen LogP contribution in [0.1, 0.15) is 39.4 Å². The Morgan fingerprint density at radius 1 is 0.885 bits per heavy atom. The van der Waals surface area contributed by atoms with E-state index in [0.29, 0.717) is 5.69 Å². The zero-order chi connectivity index (χ0) is 18.5. The summed E-state index contributed by atoms with van der Waals surface area (Å²) in [6.45, 7) is 2.01. The van der Waals surface area contributed by atoms with Gasteiger partial charge in [0.1, 0.15) is 17.0 Å². The number of carbonyl (C=O) groups is 2. The molecule has 5 nitrogen and oxygen atoms in total. The molecule has 3 rings (SSSR count). The lowest BCUT2D eigenvalue weighted by atomic mass is 10.1. The van der Waals surface area contributed by atoms with E-state index in [1.165, 1.54) is 7.11 Å². The van der Waals surface area contributed by atoms with E-state index < -0.39 is 11.9 Å². The van der Waals surface area contributed by atoms with Gasteiger partial charge in [-0.25, -0.2) is 9.59 Å². The van der Waals surface area contributed by atoms with Crippen LogP contribution in [0.5, 0.6) is 5.75 Å². The van der Waals surface area contributed by atoms with Crippen LogP contribution < -0.4 is 4.74 Å². The van der Waals surface area contributed by atoms with Crippen LogP contribution in [-0.4, -0.2) is 23.6 Å². The summed E-state index contributed by atoms with van der Waals surface area (Å²) in [6, 6.07) is 19.8. The molecule has 2 aromatic carbocycles. The van der Waals surface area contributed by atoms with Gasteiger partial charge in [-0.2, -0.15) is 0 Å². The lowest BCUT2D eigenvalue weighted by Gasteiger charge is -2.17.